The molecule has 0 aliphatic carbocycles. The standard InChI is InChI=1S/C11H20N4S/c1-4-5-13-11(12)14-6-10-15-9(7-16-10)8(2)3/h7-8H,4-6H2,1-3H3,(H3,12,13,14). The Bertz CT molecular complexity index is 344. The number of rotatable bonds is 5. The molecule has 0 spiro atoms. The van der Waals surface area contributed by atoms with Gasteiger partial charge in [-0.25, -0.2) is 9.98 Å². The van der Waals surface area contributed by atoms with Crippen LogP contribution in [0.1, 0.15) is 43.8 Å². The molecule has 1 aromatic rings. The van der Waals surface area contributed by atoms with Crippen molar-refractivity contribution < 1.29 is 0 Å². The van der Waals surface area contributed by atoms with Crippen molar-refractivity contribution in [2.45, 2.75) is 39.7 Å². The lowest BCUT2D eigenvalue weighted by Crippen LogP contribution is -2.32. The molecule has 0 radical (unpaired) electrons. The maximum atomic E-state index is 5.69. The number of nitrogens with zero attached hydrogens (tertiary/aromatic N) is 2. The van der Waals surface area contributed by atoms with Crippen molar-refractivity contribution in [2.24, 2.45) is 10.7 Å². The Balaban J connectivity index is 2.47. The number of hydrogen-bond donors (Lipinski definition) is 2. The fourth-order valence-corrected chi connectivity index (χ4v) is 2.00. The van der Waals surface area contributed by atoms with Crippen molar-refractivity contribution in [2.75, 3.05) is 6.54 Å². The van der Waals surface area contributed by atoms with E-state index in [9.17, 15) is 0 Å². The molecule has 0 fully saturated rings. The highest BCUT2D eigenvalue weighted by molar-refractivity contribution is 7.09. The monoisotopic (exact) mass is 240 g/mol. The minimum Gasteiger partial charge on any atom is -0.370 e. The van der Waals surface area contributed by atoms with Crippen LogP contribution < -0.4 is 11.1 Å². The largest absolute Gasteiger partial charge is 0.370 e. The maximum Gasteiger partial charge on any atom is 0.189 e. The van der Waals surface area contributed by atoms with Crippen LogP contribution >= 0.6 is 11.3 Å². The van der Waals surface area contributed by atoms with E-state index in [-0.39, 0.29) is 0 Å². The third-order valence-corrected chi connectivity index (χ3v) is 2.95. The molecule has 1 aromatic heterocycles. The summed E-state index contributed by atoms with van der Waals surface area (Å²) in [6, 6.07) is 0. The zero-order chi connectivity index (χ0) is 12.0. The van der Waals surface area contributed by atoms with Crippen molar-refractivity contribution in [3.63, 3.8) is 0 Å². The molecular weight excluding hydrogens is 220 g/mol. The molecule has 0 aromatic carbocycles. The Morgan fingerprint density at radius 1 is 1.62 bits per heavy atom. The van der Waals surface area contributed by atoms with Crippen LogP contribution in [0.4, 0.5) is 0 Å². The molecule has 16 heavy (non-hydrogen) atoms. The number of aliphatic imine (C=N–C) groups is 1. The molecule has 90 valence electrons. The van der Waals surface area contributed by atoms with E-state index in [1.165, 1.54) is 0 Å². The fraction of sp³-hybridized carbons (Fsp3) is 0.636. The molecule has 0 saturated heterocycles. The van der Waals surface area contributed by atoms with Crippen molar-refractivity contribution in [1.29, 1.82) is 0 Å². The summed E-state index contributed by atoms with van der Waals surface area (Å²) in [5.41, 5.74) is 6.82. The predicted molar refractivity (Wildman–Crippen MR) is 69.8 cm³/mol. The Labute approximate surface area is 101 Å². The first-order valence-corrected chi connectivity index (χ1v) is 6.49. The Morgan fingerprint density at radius 3 is 2.94 bits per heavy atom. The van der Waals surface area contributed by atoms with Gasteiger partial charge in [-0.2, -0.15) is 0 Å². The van der Waals surface area contributed by atoms with E-state index in [0.29, 0.717) is 18.4 Å². The minimum atomic E-state index is 0.476. The van der Waals surface area contributed by atoms with Gasteiger partial charge < -0.3 is 11.1 Å². The van der Waals surface area contributed by atoms with Gasteiger partial charge in [-0.3, -0.25) is 0 Å². The van der Waals surface area contributed by atoms with Crippen molar-refractivity contribution in [1.82, 2.24) is 10.3 Å². The van der Waals surface area contributed by atoms with Crippen LogP contribution in [-0.4, -0.2) is 17.5 Å². The summed E-state index contributed by atoms with van der Waals surface area (Å²) in [6.07, 6.45) is 1.05. The number of thiazole rings is 1. The fourth-order valence-electron chi connectivity index (χ4n) is 1.12. The molecule has 0 aliphatic rings. The molecule has 0 saturated carbocycles. The molecule has 0 unspecified atom stereocenters. The van der Waals surface area contributed by atoms with Crippen LogP contribution in [0.2, 0.25) is 0 Å². The summed E-state index contributed by atoms with van der Waals surface area (Å²) in [5.74, 6) is 0.979. The Kier molecular flexibility index (Phi) is 5.25. The highest BCUT2D eigenvalue weighted by Crippen LogP contribution is 2.18. The number of nitrogens with one attached hydrogen (secondary N) is 1. The lowest BCUT2D eigenvalue weighted by atomic mass is 10.2. The van der Waals surface area contributed by atoms with E-state index in [4.69, 9.17) is 5.73 Å². The summed E-state index contributed by atoms with van der Waals surface area (Å²) in [6.45, 7) is 7.80. The van der Waals surface area contributed by atoms with Crippen LogP contribution in [0.5, 0.6) is 0 Å². The van der Waals surface area contributed by atoms with Crippen LogP contribution in [0.3, 0.4) is 0 Å². The van der Waals surface area contributed by atoms with Gasteiger partial charge in [0, 0.05) is 11.9 Å². The number of hydrogen-bond acceptors (Lipinski definition) is 3. The third-order valence-electron chi connectivity index (χ3n) is 2.10. The first-order valence-electron chi connectivity index (χ1n) is 5.61. The number of nitrogens with two attached hydrogens (primary N) is 1. The molecule has 0 bridgehead atoms. The van der Waals surface area contributed by atoms with Gasteiger partial charge in [0.15, 0.2) is 5.96 Å². The second-order valence-corrected chi connectivity index (χ2v) is 4.89. The van der Waals surface area contributed by atoms with Crippen LogP contribution in [0.25, 0.3) is 0 Å². The quantitative estimate of drug-likeness (QED) is 0.612. The smallest absolute Gasteiger partial charge is 0.189 e. The first-order chi connectivity index (χ1) is 7.63. The van der Waals surface area contributed by atoms with Gasteiger partial charge in [0.1, 0.15) is 5.01 Å². The van der Waals surface area contributed by atoms with Crippen LogP contribution in [-0.2, 0) is 6.54 Å². The average Bonchev–Trinajstić information content (AvgIpc) is 2.72. The van der Waals surface area contributed by atoms with Gasteiger partial charge in [0.2, 0.25) is 0 Å². The molecular formula is C11H20N4S. The predicted octanol–water partition coefficient (Wildman–Crippen LogP) is 2.08. The topological polar surface area (TPSA) is 63.3 Å². The van der Waals surface area contributed by atoms with Crippen molar-refractivity contribution in [3.05, 3.63) is 16.1 Å². The summed E-state index contributed by atoms with van der Waals surface area (Å²) in [4.78, 5) is 8.73. The Morgan fingerprint density at radius 2 is 2.38 bits per heavy atom. The van der Waals surface area contributed by atoms with Gasteiger partial charge in [0.05, 0.1) is 12.2 Å². The lowest BCUT2D eigenvalue weighted by Gasteiger charge is -2.02. The summed E-state index contributed by atoms with van der Waals surface area (Å²) in [5, 5.41) is 6.14. The minimum absolute atomic E-state index is 0.476. The van der Waals surface area contributed by atoms with E-state index in [0.717, 1.165) is 23.7 Å². The van der Waals surface area contributed by atoms with Gasteiger partial charge in [-0.1, -0.05) is 20.8 Å². The highest BCUT2D eigenvalue weighted by Gasteiger charge is 2.04. The third kappa shape index (κ3) is 4.18. The van der Waals surface area contributed by atoms with Gasteiger partial charge >= 0.3 is 0 Å². The second kappa shape index (κ2) is 6.48. The summed E-state index contributed by atoms with van der Waals surface area (Å²) in [7, 11) is 0. The maximum absolute atomic E-state index is 5.69. The zero-order valence-electron chi connectivity index (χ0n) is 10.2. The van der Waals surface area contributed by atoms with Gasteiger partial charge in [-0.05, 0) is 12.3 Å². The van der Waals surface area contributed by atoms with Crippen LogP contribution in [0, 0.1) is 0 Å². The molecule has 4 nitrogen and oxygen atoms in total. The lowest BCUT2D eigenvalue weighted by molar-refractivity contribution is 0.812. The van der Waals surface area contributed by atoms with Crippen molar-refractivity contribution >= 4 is 17.3 Å². The molecule has 1 rings (SSSR count). The van der Waals surface area contributed by atoms with E-state index in [1.54, 1.807) is 11.3 Å². The van der Waals surface area contributed by atoms with E-state index in [2.05, 4.69) is 41.4 Å². The average molecular weight is 240 g/mol. The van der Waals surface area contributed by atoms with Gasteiger partial charge in [-0.15, -0.1) is 11.3 Å². The SMILES string of the molecule is CCCNC(N)=NCc1nc(C(C)C)cs1. The Hall–Kier alpha value is -1.10. The first kappa shape index (κ1) is 13.0. The van der Waals surface area contributed by atoms with Crippen LogP contribution in [0.15, 0.2) is 10.4 Å². The highest BCUT2D eigenvalue weighted by atomic mass is 32.1. The molecule has 0 atom stereocenters. The summed E-state index contributed by atoms with van der Waals surface area (Å²) >= 11 is 1.64. The summed E-state index contributed by atoms with van der Waals surface area (Å²) < 4.78 is 0. The molecule has 1 heterocycles. The van der Waals surface area contributed by atoms with E-state index >= 15 is 0 Å². The molecule has 5 heteroatoms. The molecule has 0 amide bonds. The molecule has 3 N–H and O–H groups in total. The van der Waals surface area contributed by atoms with E-state index < -0.39 is 0 Å². The number of aromatic nitrogens is 1. The second-order valence-electron chi connectivity index (χ2n) is 3.95. The normalized spacial score (nSPS) is 12.1. The van der Waals surface area contributed by atoms with Crippen molar-refractivity contribution in [3.8, 4) is 0 Å². The van der Waals surface area contributed by atoms with Gasteiger partial charge in [0.25, 0.3) is 0 Å². The molecule has 0 aliphatic heterocycles. The van der Waals surface area contributed by atoms with E-state index in [1.807, 2.05) is 0 Å². The zero-order valence-corrected chi connectivity index (χ0v) is 11.0. The number of guanidine groups is 1.